The maximum absolute atomic E-state index is 14.6. The monoisotopic (exact) mass is 418 g/mol. The van der Waals surface area contributed by atoms with Crippen LogP contribution in [0.15, 0.2) is 24.8 Å². The van der Waals surface area contributed by atoms with Crippen molar-refractivity contribution >= 4 is 0 Å². The van der Waals surface area contributed by atoms with Crippen LogP contribution >= 0.6 is 0 Å². The van der Waals surface area contributed by atoms with Crippen molar-refractivity contribution in [2.45, 2.75) is 89.3 Å². The first kappa shape index (κ1) is 21.8. The molecule has 166 valence electrons. The molecule has 1 saturated heterocycles. The molecule has 0 amide bonds. The van der Waals surface area contributed by atoms with Gasteiger partial charge in [0.05, 0.1) is 18.8 Å². The van der Waals surface area contributed by atoms with Crippen LogP contribution in [0.1, 0.15) is 82.6 Å². The first-order valence-corrected chi connectivity index (χ1v) is 12.0. The van der Waals surface area contributed by atoms with Crippen LogP contribution in [0.4, 0.5) is 8.78 Å². The molecule has 1 aliphatic heterocycles. The molecule has 0 radical (unpaired) electrons. The minimum absolute atomic E-state index is 0.0230. The van der Waals surface area contributed by atoms with Crippen molar-refractivity contribution < 1.29 is 18.3 Å². The van der Waals surface area contributed by atoms with E-state index in [2.05, 4.69) is 6.58 Å². The van der Waals surface area contributed by atoms with Gasteiger partial charge in [0.25, 0.3) is 0 Å². The Hall–Kier alpha value is -1.42. The third-order valence-corrected chi connectivity index (χ3v) is 7.95. The molecular weight excluding hydrogens is 382 g/mol. The Morgan fingerprint density at radius 2 is 1.53 bits per heavy atom. The Labute approximate surface area is 180 Å². The van der Waals surface area contributed by atoms with E-state index in [0.717, 1.165) is 43.9 Å². The molecule has 3 fully saturated rings. The van der Waals surface area contributed by atoms with Gasteiger partial charge in [-0.3, -0.25) is 0 Å². The van der Waals surface area contributed by atoms with E-state index < -0.39 is 11.6 Å². The zero-order valence-electron chi connectivity index (χ0n) is 18.3. The third kappa shape index (κ3) is 4.59. The summed E-state index contributed by atoms with van der Waals surface area (Å²) in [5, 5.41) is 0. The second-order valence-electron chi connectivity index (χ2n) is 9.53. The normalized spacial score (nSPS) is 34.6. The minimum Gasteiger partial charge on any atom is -0.491 e. The fourth-order valence-corrected chi connectivity index (χ4v) is 6.23. The van der Waals surface area contributed by atoms with Crippen molar-refractivity contribution in [3.8, 4) is 5.75 Å². The van der Waals surface area contributed by atoms with Gasteiger partial charge in [0.15, 0.2) is 11.6 Å². The molecular formula is C26H36F2O2. The quantitative estimate of drug-likeness (QED) is 0.456. The van der Waals surface area contributed by atoms with E-state index in [4.69, 9.17) is 9.47 Å². The highest BCUT2D eigenvalue weighted by molar-refractivity contribution is 5.33. The molecule has 2 unspecified atom stereocenters. The minimum atomic E-state index is -0.831. The largest absolute Gasteiger partial charge is 0.491 e. The van der Waals surface area contributed by atoms with Crippen molar-refractivity contribution in [3.05, 3.63) is 42.0 Å². The average molecular weight is 419 g/mol. The topological polar surface area (TPSA) is 18.5 Å². The number of hydrogen-bond acceptors (Lipinski definition) is 2. The van der Waals surface area contributed by atoms with Crippen molar-refractivity contribution in [1.82, 2.24) is 0 Å². The average Bonchev–Trinajstić information content (AvgIpc) is 3.27. The van der Waals surface area contributed by atoms with E-state index in [0.29, 0.717) is 24.2 Å². The van der Waals surface area contributed by atoms with Crippen LogP contribution in [0.5, 0.6) is 5.75 Å². The fraction of sp³-hybridized carbons (Fsp3) is 0.692. The Bertz CT molecular complexity index is 718. The molecule has 1 aromatic carbocycles. The van der Waals surface area contributed by atoms with Crippen LogP contribution in [-0.2, 0) is 4.74 Å². The lowest BCUT2D eigenvalue weighted by molar-refractivity contribution is 0.00847. The van der Waals surface area contributed by atoms with Crippen LogP contribution in [0, 0.1) is 29.4 Å². The van der Waals surface area contributed by atoms with Gasteiger partial charge in [-0.15, -0.1) is 6.58 Å². The van der Waals surface area contributed by atoms with Crippen molar-refractivity contribution in [1.29, 1.82) is 0 Å². The van der Waals surface area contributed by atoms with Gasteiger partial charge in [0.1, 0.15) is 0 Å². The van der Waals surface area contributed by atoms with Gasteiger partial charge in [0, 0.05) is 0 Å². The van der Waals surface area contributed by atoms with Crippen molar-refractivity contribution in [2.24, 2.45) is 17.8 Å². The summed E-state index contributed by atoms with van der Waals surface area (Å²) in [5.74, 6) is 0.856. The molecule has 4 heteroatoms. The maximum Gasteiger partial charge on any atom is 0.200 e. The second-order valence-corrected chi connectivity index (χ2v) is 9.53. The van der Waals surface area contributed by atoms with Crippen molar-refractivity contribution in [3.63, 3.8) is 0 Å². The Balaban J connectivity index is 1.27. The highest BCUT2D eigenvalue weighted by Crippen LogP contribution is 2.46. The van der Waals surface area contributed by atoms with Crippen molar-refractivity contribution in [2.75, 3.05) is 6.61 Å². The number of hydrogen-bond donors (Lipinski definition) is 0. The Morgan fingerprint density at radius 1 is 0.900 bits per heavy atom. The molecule has 2 saturated carbocycles. The van der Waals surface area contributed by atoms with E-state index in [1.807, 2.05) is 6.08 Å². The Morgan fingerprint density at radius 3 is 2.13 bits per heavy atom. The molecule has 2 aliphatic carbocycles. The molecule has 0 aromatic heterocycles. The summed E-state index contributed by atoms with van der Waals surface area (Å²) < 4.78 is 40.2. The van der Waals surface area contributed by atoms with Crippen LogP contribution in [0.25, 0.3) is 0 Å². The number of rotatable bonds is 6. The van der Waals surface area contributed by atoms with Gasteiger partial charge in [-0.05, 0) is 106 Å². The highest BCUT2D eigenvalue weighted by Gasteiger charge is 2.36. The molecule has 2 nitrogen and oxygen atoms in total. The predicted molar refractivity (Wildman–Crippen MR) is 116 cm³/mol. The lowest BCUT2D eigenvalue weighted by Gasteiger charge is -2.39. The summed E-state index contributed by atoms with van der Waals surface area (Å²) in [4.78, 5) is 0. The van der Waals surface area contributed by atoms with E-state index in [-0.39, 0.29) is 17.8 Å². The molecule has 0 spiro atoms. The number of halogens is 2. The molecule has 4 rings (SSSR count). The summed E-state index contributed by atoms with van der Waals surface area (Å²) in [7, 11) is 0. The highest BCUT2D eigenvalue weighted by atomic mass is 19.2. The van der Waals surface area contributed by atoms with Gasteiger partial charge in [0.2, 0.25) is 5.82 Å². The summed E-state index contributed by atoms with van der Waals surface area (Å²) >= 11 is 0. The van der Waals surface area contributed by atoms with Gasteiger partial charge in [-0.25, -0.2) is 4.39 Å². The van der Waals surface area contributed by atoms with Crippen LogP contribution in [-0.4, -0.2) is 18.8 Å². The molecule has 1 aromatic rings. The molecule has 0 N–H and O–H groups in total. The lowest BCUT2D eigenvalue weighted by atomic mass is 9.67. The van der Waals surface area contributed by atoms with E-state index >= 15 is 0 Å². The number of benzene rings is 1. The first-order valence-electron chi connectivity index (χ1n) is 12.0. The predicted octanol–water partition coefficient (Wildman–Crippen LogP) is 7.18. The van der Waals surface area contributed by atoms with E-state index in [1.54, 1.807) is 19.1 Å². The Kier molecular flexibility index (Phi) is 7.12. The first-order chi connectivity index (χ1) is 14.6. The molecule has 30 heavy (non-hydrogen) atoms. The van der Waals surface area contributed by atoms with Crippen LogP contribution < -0.4 is 4.74 Å². The van der Waals surface area contributed by atoms with Crippen LogP contribution in [0.2, 0.25) is 0 Å². The molecule has 0 bridgehead atoms. The molecule has 1 heterocycles. The van der Waals surface area contributed by atoms with E-state index in [9.17, 15) is 8.78 Å². The van der Waals surface area contributed by atoms with Gasteiger partial charge in [-0.1, -0.05) is 12.1 Å². The number of ether oxygens (including phenoxy) is 2. The molecule has 2 atom stereocenters. The summed E-state index contributed by atoms with van der Waals surface area (Å²) in [6, 6.07) is 3.32. The maximum atomic E-state index is 14.6. The standard InChI is InChI=1S/C26H36F2O2/c1-3-21-13-15-23(30-21)20-11-7-18(8-12-20)17-5-9-19(10-6-17)22-14-16-24(29-4-2)26(28)25(22)27/h3,14,16-21,23H,1,4-13,15H2,2H3. The summed E-state index contributed by atoms with van der Waals surface area (Å²) in [6.07, 6.45) is 14.3. The smallest absolute Gasteiger partial charge is 0.200 e. The summed E-state index contributed by atoms with van der Waals surface area (Å²) in [6.45, 7) is 5.99. The van der Waals surface area contributed by atoms with E-state index in [1.165, 1.54) is 32.1 Å². The van der Waals surface area contributed by atoms with Gasteiger partial charge >= 0.3 is 0 Å². The fourth-order valence-electron chi connectivity index (χ4n) is 6.23. The zero-order valence-corrected chi connectivity index (χ0v) is 18.3. The SMILES string of the molecule is C=CC1CCC(C2CCC(C3CCC(c4ccc(OCC)c(F)c4F)CC3)CC2)O1. The zero-order chi connectivity index (χ0) is 21.1. The lowest BCUT2D eigenvalue weighted by Crippen LogP contribution is -2.30. The van der Waals surface area contributed by atoms with Gasteiger partial charge in [-0.2, -0.15) is 4.39 Å². The summed E-state index contributed by atoms with van der Waals surface area (Å²) in [5.41, 5.74) is 0.535. The third-order valence-electron chi connectivity index (χ3n) is 7.95. The molecule has 3 aliphatic rings. The second kappa shape index (κ2) is 9.80. The van der Waals surface area contributed by atoms with Gasteiger partial charge < -0.3 is 9.47 Å². The van der Waals surface area contributed by atoms with Crippen LogP contribution in [0.3, 0.4) is 0 Å².